The molecule has 3 N–H and O–H groups in total. The monoisotopic (exact) mass is 277 g/mol. The highest BCUT2D eigenvalue weighted by molar-refractivity contribution is 7.09. The van der Waals surface area contributed by atoms with Gasteiger partial charge in [0.1, 0.15) is 10.7 Å². The SMILES string of the molecule is Cl.NCc1nc(C(=O)NCC2CCOC2)cs1. The van der Waals surface area contributed by atoms with E-state index >= 15 is 0 Å². The average Bonchev–Trinajstić information content (AvgIpc) is 2.96. The second-order valence-electron chi connectivity index (χ2n) is 3.77. The van der Waals surface area contributed by atoms with E-state index in [1.54, 1.807) is 5.38 Å². The molecule has 1 saturated heterocycles. The lowest BCUT2D eigenvalue weighted by molar-refractivity contribution is 0.0940. The van der Waals surface area contributed by atoms with Crippen LogP contribution in [0.3, 0.4) is 0 Å². The van der Waals surface area contributed by atoms with Gasteiger partial charge in [-0.25, -0.2) is 4.98 Å². The molecule has 17 heavy (non-hydrogen) atoms. The molecule has 96 valence electrons. The number of halogens is 1. The summed E-state index contributed by atoms with van der Waals surface area (Å²) in [4.78, 5) is 15.8. The van der Waals surface area contributed by atoms with Crippen LogP contribution in [0.15, 0.2) is 5.38 Å². The molecule has 1 aliphatic heterocycles. The zero-order valence-electron chi connectivity index (χ0n) is 9.35. The molecule has 5 nitrogen and oxygen atoms in total. The zero-order valence-corrected chi connectivity index (χ0v) is 11.0. The van der Waals surface area contributed by atoms with E-state index in [1.807, 2.05) is 0 Å². The van der Waals surface area contributed by atoms with Crippen molar-refractivity contribution in [3.8, 4) is 0 Å². The fourth-order valence-electron chi connectivity index (χ4n) is 1.58. The topological polar surface area (TPSA) is 77.2 Å². The third-order valence-electron chi connectivity index (χ3n) is 2.53. The van der Waals surface area contributed by atoms with Gasteiger partial charge in [-0.15, -0.1) is 23.7 Å². The molecular weight excluding hydrogens is 262 g/mol. The van der Waals surface area contributed by atoms with Gasteiger partial charge in [0.25, 0.3) is 5.91 Å². The summed E-state index contributed by atoms with van der Waals surface area (Å²) in [6, 6.07) is 0. The summed E-state index contributed by atoms with van der Waals surface area (Å²) in [5, 5.41) is 5.39. The Labute approximate surface area is 110 Å². The molecule has 1 amide bonds. The van der Waals surface area contributed by atoms with Crippen LogP contribution in [0.1, 0.15) is 21.9 Å². The Morgan fingerprint density at radius 2 is 2.53 bits per heavy atom. The van der Waals surface area contributed by atoms with Gasteiger partial charge >= 0.3 is 0 Å². The van der Waals surface area contributed by atoms with Gasteiger partial charge in [-0.1, -0.05) is 0 Å². The quantitative estimate of drug-likeness (QED) is 0.853. The fraction of sp³-hybridized carbons (Fsp3) is 0.600. The lowest BCUT2D eigenvalue weighted by Crippen LogP contribution is -2.29. The van der Waals surface area contributed by atoms with E-state index < -0.39 is 0 Å². The van der Waals surface area contributed by atoms with Gasteiger partial charge in [-0.05, 0) is 6.42 Å². The van der Waals surface area contributed by atoms with E-state index in [0.29, 0.717) is 24.7 Å². The summed E-state index contributed by atoms with van der Waals surface area (Å²) in [6.07, 6.45) is 1.02. The van der Waals surface area contributed by atoms with Crippen molar-refractivity contribution >= 4 is 29.7 Å². The Balaban J connectivity index is 0.00000144. The molecule has 1 aromatic rings. The first kappa shape index (κ1) is 14.4. The van der Waals surface area contributed by atoms with Crippen molar-refractivity contribution in [2.75, 3.05) is 19.8 Å². The number of hydrogen-bond acceptors (Lipinski definition) is 5. The van der Waals surface area contributed by atoms with E-state index in [2.05, 4.69) is 10.3 Å². The number of nitrogens with zero attached hydrogens (tertiary/aromatic N) is 1. The fourth-order valence-corrected chi connectivity index (χ4v) is 2.24. The summed E-state index contributed by atoms with van der Waals surface area (Å²) < 4.78 is 5.24. The molecule has 1 unspecified atom stereocenters. The van der Waals surface area contributed by atoms with Crippen molar-refractivity contribution in [2.24, 2.45) is 11.7 Å². The van der Waals surface area contributed by atoms with E-state index in [9.17, 15) is 4.79 Å². The van der Waals surface area contributed by atoms with Crippen molar-refractivity contribution < 1.29 is 9.53 Å². The Hall–Kier alpha value is -0.690. The van der Waals surface area contributed by atoms with Gasteiger partial charge in [0, 0.05) is 31.0 Å². The number of hydrogen-bond donors (Lipinski definition) is 2. The Morgan fingerprint density at radius 3 is 3.12 bits per heavy atom. The molecule has 1 aromatic heterocycles. The van der Waals surface area contributed by atoms with Crippen molar-refractivity contribution in [3.05, 3.63) is 16.1 Å². The number of thiazole rings is 1. The molecule has 0 saturated carbocycles. The molecule has 2 heterocycles. The second-order valence-corrected chi connectivity index (χ2v) is 4.71. The van der Waals surface area contributed by atoms with Crippen LogP contribution in [0, 0.1) is 5.92 Å². The number of amides is 1. The van der Waals surface area contributed by atoms with Crippen molar-refractivity contribution in [2.45, 2.75) is 13.0 Å². The van der Waals surface area contributed by atoms with Crippen LogP contribution in [-0.2, 0) is 11.3 Å². The highest BCUT2D eigenvalue weighted by atomic mass is 35.5. The molecule has 1 fully saturated rings. The van der Waals surface area contributed by atoms with Gasteiger partial charge < -0.3 is 15.8 Å². The summed E-state index contributed by atoms with van der Waals surface area (Å²) in [7, 11) is 0. The Bertz CT molecular complexity index is 366. The number of aromatic nitrogens is 1. The average molecular weight is 278 g/mol. The summed E-state index contributed by atoms with van der Waals surface area (Å²) >= 11 is 1.41. The van der Waals surface area contributed by atoms with Crippen LogP contribution in [0.4, 0.5) is 0 Å². The highest BCUT2D eigenvalue weighted by Gasteiger charge is 2.17. The van der Waals surface area contributed by atoms with Crippen LogP contribution < -0.4 is 11.1 Å². The number of carbonyl (C=O) groups is 1. The summed E-state index contributed by atoms with van der Waals surface area (Å²) in [5.74, 6) is 0.319. The molecule has 0 radical (unpaired) electrons. The molecule has 1 atom stereocenters. The maximum absolute atomic E-state index is 11.7. The van der Waals surface area contributed by atoms with Gasteiger partial charge in [0.05, 0.1) is 6.61 Å². The number of ether oxygens (including phenoxy) is 1. The Morgan fingerprint density at radius 1 is 1.71 bits per heavy atom. The summed E-state index contributed by atoms with van der Waals surface area (Å²) in [5.41, 5.74) is 5.90. The maximum atomic E-state index is 11.7. The number of nitrogens with one attached hydrogen (secondary N) is 1. The molecule has 0 aliphatic carbocycles. The van der Waals surface area contributed by atoms with Gasteiger partial charge in [0.2, 0.25) is 0 Å². The molecular formula is C10H16ClN3O2S. The van der Waals surface area contributed by atoms with Crippen LogP contribution in [-0.4, -0.2) is 30.6 Å². The summed E-state index contributed by atoms with van der Waals surface area (Å²) in [6.45, 7) is 2.59. The molecule has 0 bridgehead atoms. The standard InChI is InChI=1S/C10H15N3O2S.ClH/c11-3-9-13-8(6-16-9)10(14)12-4-7-1-2-15-5-7;/h6-7H,1-5,11H2,(H,12,14);1H. The van der Waals surface area contributed by atoms with Crippen LogP contribution in [0.2, 0.25) is 0 Å². The van der Waals surface area contributed by atoms with Crippen molar-refractivity contribution in [1.82, 2.24) is 10.3 Å². The predicted molar refractivity (Wildman–Crippen MR) is 68.5 cm³/mol. The van der Waals surface area contributed by atoms with Crippen LogP contribution >= 0.6 is 23.7 Å². The van der Waals surface area contributed by atoms with E-state index in [0.717, 1.165) is 24.6 Å². The third-order valence-corrected chi connectivity index (χ3v) is 3.41. The minimum Gasteiger partial charge on any atom is -0.381 e. The van der Waals surface area contributed by atoms with E-state index in [-0.39, 0.29) is 18.3 Å². The number of rotatable bonds is 4. The Kier molecular flexibility index (Phi) is 5.84. The lowest BCUT2D eigenvalue weighted by Gasteiger charge is -2.07. The molecule has 0 aromatic carbocycles. The molecule has 0 spiro atoms. The molecule has 7 heteroatoms. The maximum Gasteiger partial charge on any atom is 0.270 e. The van der Waals surface area contributed by atoms with Crippen LogP contribution in [0.5, 0.6) is 0 Å². The third kappa shape index (κ3) is 3.92. The first-order chi connectivity index (χ1) is 7.79. The van der Waals surface area contributed by atoms with Gasteiger partial charge in [0.15, 0.2) is 0 Å². The first-order valence-corrected chi connectivity index (χ1v) is 6.18. The van der Waals surface area contributed by atoms with Crippen molar-refractivity contribution in [3.63, 3.8) is 0 Å². The number of carbonyl (C=O) groups excluding carboxylic acids is 1. The predicted octanol–water partition coefficient (Wildman–Crippen LogP) is 0.790. The molecule has 1 aliphatic rings. The smallest absolute Gasteiger partial charge is 0.270 e. The zero-order chi connectivity index (χ0) is 11.4. The molecule has 2 rings (SSSR count). The van der Waals surface area contributed by atoms with Gasteiger partial charge in [-0.3, -0.25) is 4.79 Å². The normalized spacial score (nSPS) is 18.8. The van der Waals surface area contributed by atoms with E-state index in [4.69, 9.17) is 10.5 Å². The van der Waals surface area contributed by atoms with Gasteiger partial charge in [-0.2, -0.15) is 0 Å². The minimum atomic E-state index is -0.122. The van der Waals surface area contributed by atoms with Crippen LogP contribution in [0.25, 0.3) is 0 Å². The number of nitrogens with two attached hydrogens (primary N) is 1. The first-order valence-electron chi connectivity index (χ1n) is 5.30. The largest absolute Gasteiger partial charge is 0.381 e. The second kappa shape index (κ2) is 6.90. The highest BCUT2D eigenvalue weighted by Crippen LogP contribution is 2.12. The lowest BCUT2D eigenvalue weighted by atomic mass is 10.1. The van der Waals surface area contributed by atoms with Crippen molar-refractivity contribution in [1.29, 1.82) is 0 Å². The van der Waals surface area contributed by atoms with E-state index in [1.165, 1.54) is 11.3 Å². The minimum absolute atomic E-state index is 0.